The molecule has 1 aromatic rings. The topological polar surface area (TPSA) is 24.1 Å². The summed E-state index contributed by atoms with van der Waals surface area (Å²) < 4.78 is 0. The van der Waals surface area contributed by atoms with Crippen LogP contribution in [0.25, 0.3) is 0 Å². The van der Waals surface area contributed by atoms with Crippen molar-refractivity contribution in [3.63, 3.8) is 0 Å². The number of rotatable bonds is 3. The molecule has 1 aliphatic heterocycles. The highest BCUT2D eigenvalue weighted by atomic mass is 32.1. The minimum atomic E-state index is 0.500. The van der Waals surface area contributed by atoms with E-state index in [2.05, 4.69) is 35.1 Å². The third-order valence-electron chi connectivity index (χ3n) is 2.75. The van der Waals surface area contributed by atoms with Crippen molar-refractivity contribution in [3.8, 4) is 0 Å². The van der Waals surface area contributed by atoms with E-state index < -0.39 is 0 Å². The molecule has 1 aromatic heterocycles. The molecule has 1 fully saturated rings. The minimum absolute atomic E-state index is 0.500. The van der Waals surface area contributed by atoms with Crippen molar-refractivity contribution in [2.45, 2.75) is 31.8 Å². The van der Waals surface area contributed by atoms with Crippen molar-refractivity contribution in [3.05, 3.63) is 22.4 Å². The van der Waals surface area contributed by atoms with Gasteiger partial charge in [0.1, 0.15) is 0 Å². The molecule has 14 heavy (non-hydrogen) atoms. The zero-order valence-electron chi connectivity index (χ0n) is 8.62. The third kappa shape index (κ3) is 2.56. The normalized spacial score (nSPS) is 24.8. The predicted octanol–water partition coefficient (Wildman–Crippen LogP) is 2.15. The molecule has 0 bridgehead atoms. The van der Waals surface area contributed by atoms with Crippen LogP contribution in [0.15, 0.2) is 17.5 Å². The van der Waals surface area contributed by atoms with Gasteiger partial charge in [-0.3, -0.25) is 0 Å². The molecule has 0 aliphatic carbocycles. The molecule has 0 aromatic carbocycles. The van der Waals surface area contributed by atoms with Crippen molar-refractivity contribution in [2.24, 2.45) is 0 Å². The van der Waals surface area contributed by atoms with Crippen LogP contribution < -0.4 is 10.6 Å². The van der Waals surface area contributed by atoms with E-state index in [1.807, 2.05) is 11.3 Å². The lowest BCUT2D eigenvalue weighted by atomic mass is 10.1. The van der Waals surface area contributed by atoms with Crippen LogP contribution in [0.3, 0.4) is 0 Å². The molecule has 0 unspecified atom stereocenters. The van der Waals surface area contributed by atoms with Gasteiger partial charge in [-0.15, -0.1) is 11.3 Å². The monoisotopic (exact) mass is 210 g/mol. The third-order valence-corrected chi connectivity index (χ3v) is 3.81. The van der Waals surface area contributed by atoms with Gasteiger partial charge in [-0.05, 0) is 37.8 Å². The molecule has 0 amide bonds. The van der Waals surface area contributed by atoms with Crippen LogP contribution in [0, 0.1) is 0 Å². The molecule has 2 nitrogen and oxygen atoms in total. The van der Waals surface area contributed by atoms with Crippen LogP contribution in [-0.4, -0.2) is 19.1 Å². The van der Waals surface area contributed by atoms with Crippen LogP contribution in [-0.2, 0) is 0 Å². The van der Waals surface area contributed by atoms with Crippen LogP contribution >= 0.6 is 11.3 Å². The lowest BCUT2D eigenvalue weighted by molar-refractivity contribution is 0.364. The van der Waals surface area contributed by atoms with Crippen LogP contribution in [0.5, 0.6) is 0 Å². The zero-order valence-corrected chi connectivity index (χ0v) is 9.44. The van der Waals surface area contributed by atoms with Gasteiger partial charge in [0, 0.05) is 23.5 Å². The number of hydrogen-bond acceptors (Lipinski definition) is 3. The van der Waals surface area contributed by atoms with Gasteiger partial charge in [-0.25, -0.2) is 0 Å². The average molecular weight is 210 g/mol. The fourth-order valence-corrected chi connectivity index (χ4v) is 2.71. The molecule has 1 saturated heterocycles. The first-order valence-corrected chi connectivity index (χ1v) is 6.24. The molecule has 0 radical (unpaired) electrons. The smallest absolute Gasteiger partial charge is 0.0388 e. The maximum absolute atomic E-state index is 3.67. The summed E-state index contributed by atoms with van der Waals surface area (Å²) >= 11 is 1.84. The zero-order chi connectivity index (χ0) is 9.80. The van der Waals surface area contributed by atoms with E-state index in [0.29, 0.717) is 12.1 Å². The lowest BCUT2D eigenvalue weighted by Crippen LogP contribution is -2.43. The van der Waals surface area contributed by atoms with E-state index in [1.165, 1.54) is 24.3 Å². The second kappa shape index (κ2) is 4.91. The standard InChI is InChI=1S/C11H18N2S/c1-9(11-5-3-7-14-11)13-10-4-2-6-12-8-10/h3,5,7,9-10,12-13H,2,4,6,8H2,1H3/t9-,10-/m0/s1. The summed E-state index contributed by atoms with van der Waals surface area (Å²) in [6.07, 6.45) is 2.61. The summed E-state index contributed by atoms with van der Waals surface area (Å²) in [6.45, 7) is 4.56. The minimum Gasteiger partial charge on any atom is -0.315 e. The van der Waals surface area contributed by atoms with Crippen molar-refractivity contribution >= 4 is 11.3 Å². The first kappa shape index (κ1) is 10.1. The molecule has 2 N–H and O–H groups in total. The van der Waals surface area contributed by atoms with Crippen molar-refractivity contribution in [1.82, 2.24) is 10.6 Å². The first-order valence-electron chi connectivity index (χ1n) is 5.36. The highest BCUT2D eigenvalue weighted by Crippen LogP contribution is 2.19. The van der Waals surface area contributed by atoms with Crippen LogP contribution in [0.4, 0.5) is 0 Å². The average Bonchev–Trinajstić information content (AvgIpc) is 2.72. The Morgan fingerprint density at radius 2 is 2.57 bits per heavy atom. The lowest BCUT2D eigenvalue weighted by Gasteiger charge is -2.26. The molecular formula is C11H18N2S. The van der Waals surface area contributed by atoms with E-state index in [-0.39, 0.29) is 0 Å². The van der Waals surface area contributed by atoms with E-state index in [0.717, 1.165) is 6.54 Å². The maximum Gasteiger partial charge on any atom is 0.0388 e. The molecule has 0 saturated carbocycles. The Hall–Kier alpha value is -0.380. The largest absolute Gasteiger partial charge is 0.315 e. The summed E-state index contributed by atoms with van der Waals surface area (Å²) in [5, 5.41) is 9.24. The maximum atomic E-state index is 3.67. The Labute approximate surface area is 89.7 Å². The fraction of sp³-hybridized carbons (Fsp3) is 0.636. The highest BCUT2D eigenvalue weighted by Gasteiger charge is 2.15. The van der Waals surface area contributed by atoms with Gasteiger partial charge < -0.3 is 10.6 Å². The van der Waals surface area contributed by atoms with Gasteiger partial charge in [0.15, 0.2) is 0 Å². The van der Waals surface area contributed by atoms with Gasteiger partial charge in [0.05, 0.1) is 0 Å². The Bertz CT molecular complexity index is 252. The summed E-state index contributed by atoms with van der Waals surface area (Å²) in [5.41, 5.74) is 0. The van der Waals surface area contributed by atoms with Crippen LogP contribution in [0.2, 0.25) is 0 Å². The molecule has 2 rings (SSSR count). The van der Waals surface area contributed by atoms with E-state index in [4.69, 9.17) is 0 Å². The van der Waals surface area contributed by atoms with E-state index in [9.17, 15) is 0 Å². The molecule has 2 heterocycles. The van der Waals surface area contributed by atoms with Gasteiger partial charge in [-0.1, -0.05) is 6.07 Å². The Kier molecular flexibility index (Phi) is 3.56. The second-order valence-corrected chi connectivity index (χ2v) is 4.93. The van der Waals surface area contributed by atoms with Crippen LogP contribution in [0.1, 0.15) is 30.7 Å². The first-order chi connectivity index (χ1) is 6.86. The Morgan fingerprint density at radius 1 is 1.64 bits per heavy atom. The number of nitrogens with one attached hydrogen (secondary N) is 2. The second-order valence-electron chi connectivity index (χ2n) is 3.95. The van der Waals surface area contributed by atoms with Gasteiger partial charge in [0.25, 0.3) is 0 Å². The molecular weight excluding hydrogens is 192 g/mol. The molecule has 78 valence electrons. The van der Waals surface area contributed by atoms with Gasteiger partial charge in [0.2, 0.25) is 0 Å². The Morgan fingerprint density at radius 3 is 3.21 bits per heavy atom. The van der Waals surface area contributed by atoms with Gasteiger partial charge in [-0.2, -0.15) is 0 Å². The van der Waals surface area contributed by atoms with E-state index >= 15 is 0 Å². The van der Waals surface area contributed by atoms with Crippen molar-refractivity contribution in [2.75, 3.05) is 13.1 Å². The van der Waals surface area contributed by atoms with Gasteiger partial charge >= 0.3 is 0 Å². The number of thiophene rings is 1. The SMILES string of the molecule is C[C@H](N[C@H]1CCCNC1)c1cccs1. The molecule has 2 atom stereocenters. The summed E-state index contributed by atoms with van der Waals surface area (Å²) in [7, 11) is 0. The van der Waals surface area contributed by atoms with Crippen molar-refractivity contribution < 1.29 is 0 Å². The van der Waals surface area contributed by atoms with Crippen molar-refractivity contribution in [1.29, 1.82) is 0 Å². The van der Waals surface area contributed by atoms with E-state index in [1.54, 1.807) is 0 Å². The Balaban J connectivity index is 1.84. The number of hydrogen-bond donors (Lipinski definition) is 2. The molecule has 0 spiro atoms. The predicted molar refractivity (Wildman–Crippen MR) is 61.8 cm³/mol. The highest BCUT2D eigenvalue weighted by molar-refractivity contribution is 7.10. The summed E-state index contributed by atoms with van der Waals surface area (Å²) in [5.74, 6) is 0. The summed E-state index contributed by atoms with van der Waals surface area (Å²) in [4.78, 5) is 1.44. The molecule has 3 heteroatoms. The quantitative estimate of drug-likeness (QED) is 0.799. The molecule has 1 aliphatic rings. The summed E-state index contributed by atoms with van der Waals surface area (Å²) in [6, 6.07) is 5.48. The fourth-order valence-electron chi connectivity index (χ4n) is 1.97. The number of piperidine rings is 1.